The third kappa shape index (κ3) is 4.70. The summed E-state index contributed by atoms with van der Waals surface area (Å²) in [5.41, 5.74) is 3.05. The zero-order valence-electron chi connectivity index (χ0n) is 19.5. The van der Waals surface area contributed by atoms with Crippen LogP contribution in [0.5, 0.6) is 0 Å². The lowest BCUT2D eigenvalue weighted by Gasteiger charge is -2.24. The Bertz CT molecular complexity index is 1470. The van der Waals surface area contributed by atoms with Gasteiger partial charge in [-0.05, 0) is 60.5 Å². The maximum atomic E-state index is 13.7. The van der Waals surface area contributed by atoms with Crippen LogP contribution in [-0.2, 0) is 17.3 Å². The van der Waals surface area contributed by atoms with E-state index in [9.17, 15) is 13.8 Å². The zero-order chi connectivity index (χ0) is 25.2. The molecule has 0 radical (unpaired) electrons. The fourth-order valence-electron chi connectivity index (χ4n) is 4.24. The molecule has 0 fully saturated rings. The molecule has 5 nitrogen and oxygen atoms in total. The Hall–Kier alpha value is -3.74. The summed E-state index contributed by atoms with van der Waals surface area (Å²) >= 11 is 6.05. The van der Waals surface area contributed by atoms with Crippen molar-refractivity contribution in [2.75, 3.05) is 4.90 Å². The molecule has 5 rings (SSSR count). The lowest BCUT2D eigenvalue weighted by Crippen LogP contribution is -2.31. The lowest BCUT2D eigenvalue weighted by atomic mass is 10.1. The van der Waals surface area contributed by atoms with E-state index in [0.717, 1.165) is 11.1 Å². The molecule has 0 saturated carbocycles. The summed E-state index contributed by atoms with van der Waals surface area (Å²) in [5.74, 6) is -0.552. The molecular formula is C29H23ClN2O3S. The molecule has 36 heavy (non-hydrogen) atoms. The Morgan fingerprint density at radius 1 is 0.917 bits per heavy atom. The van der Waals surface area contributed by atoms with Crippen LogP contribution in [0.3, 0.4) is 0 Å². The molecule has 1 aliphatic rings. The normalized spacial score (nSPS) is 15.4. The van der Waals surface area contributed by atoms with Crippen molar-refractivity contribution in [2.24, 2.45) is 0 Å². The van der Waals surface area contributed by atoms with Gasteiger partial charge in [-0.15, -0.1) is 0 Å². The topological polar surface area (TPSA) is 66.5 Å². The number of fused-ring (bicyclic) bond motifs is 2. The number of amides is 2. The van der Waals surface area contributed by atoms with E-state index in [0.29, 0.717) is 31.6 Å². The monoisotopic (exact) mass is 514 g/mol. The summed E-state index contributed by atoms with van der Waals surface area (Å²) in [6, 6.07) is 28.6. The molecule has 7 heteroatoms. The number of anilines is 1. The van der Waals surface area contributed by atoms with Crippen LogP contribution >= 0.6 is 11.6 Å². The van der Waals surface area contributed by atoms with E-state index in [-0.39, 0.29) is 24.4 Å². The molecule has 2 atom stereocenters. The van der Waals surface area contributed by atoms with Gasteiger partial charge in [-0.2, -0.15) is 0 Å². The molecular weight excluding hydrogens is 492 g/mol. The van der Waals surface area contributed by atoms with E-state index in [1.165, 1.54) is 0 Å². The predicted molar refractivity (Wildman–Crippen MR) is 142 cm³/mol. The van der Waals surface area contributed by atoms with Crippen molar-refractivity contribution in [1.29, 1.82) is 0 Å². The minimum Gasteiger partial charge on any atom is -0.346 e. The molecule has 2 amide bonds. The Kier molecular flexibility index (Phi) is 6.72. The molecule has 0 aliphatic carbocycles. The molecule has 0 bridgehead atoms. The minimum atomic E-state index is -1.59. The van der Waals surface area contributed by atoms with Crippen molar-refractivity contribution in [3.8, 4) is 0 Å². The fraction of sp³-hybridized carbons (Fsp3) is 0.103. The first-order chi connectivity index (χ1) is 17.4. The van der Waals surface area contributed by atoms with Gasteiger partial charge in [0.25, 0.3) is 11.8 Å². The number of hydrogen-bond acceptors (Lipinski definition) is 3. The van der Waals surface area contributed by atoms with Gasteiger partial charge in [-0.1, -0.05) is 66.2 Å². The standard InChI is InChI=1S/C29H23ClN2O3S/c1-19(21-7-3-2-4-8-21)31-28(33)22-13-16-27-25(17-22)32(18-20-11-14-23(30)15-12-20)29(34)24-9-5-6-10-26(24)36(27)35/h2-17,19H,18H2,1H3,(H,31,33). The lowest BCUT2D eigenvalue weighted by molar-refractivity contribution is 0.0937. The number of rotatable bonds is 5. The molecule has 1 N–H and O–H groups in total. The van der Waals surface area contributed by atoms with Crippen LogP contribution in [0.4, 0.5) is 5.69 Å². The Morgan fingerprint density at radius 2 is 1.61 bits per heavy atom. The number of carbonyl (C=O) groups is 2. The number of hydrogen-bond donors (Lipinski definition) is 1. The van der Waals surface area contributed by atoms with Gasteiger partial charge in [-0.25, -0.2) is 4.21 Å². The number of halogens is 1. The summed E-state index contributed by atoms with van der Waals surface area (Å²) in [4.78, 5) is 29.4. The average Bonchev–Trinajstić information content (AvgIpc) is 2.99. The summed E-state index contributed by atoms with van der Waals surface area (Å²) in [6.07, 6.45) is 0. The van der Waals surface area contributed by atoms with Crippen LogP contribution in [0.1, 0.15) is 44.8 Å². The van der Waals surface area contributed by atoms with Crippen molar-refractivity contribution in [2.45, 2.75) is 29.3 Å². The Labute approximate surface area is 217 Å². The first-order valence-corrected chi connectivity index (χ1v) is 13.0. The predicted octanol–water partition coefficient (Wildman–Crippen LogP) is 6.16. The van der Waals surface area contributed by atoms with E-state index >= 15 is 0 Å². The van der Waals surface area contributed by atoms with Crippen molar-refractivity contribution >= 4 is 39.9 Å². The molecule has 0 spiro atoms. The molecule has 0 saturated heterocycles. The first kappa shape index (κ1) is 24.0. The summed E-state index contributed by atoms with van der Waals surface area (Å²) < 4.78 is 13.6. The highest BCUT2D eigenvalue weighted by Crippen LogP contribution is 2.36. The fourth-order valence-corrected chi connectivity index (χ4v) is 5.71. The van der Waals surface area contributed by atoms with E-state index in [2.05, 4.69) is 5.32 Å². The summed E-state index contributed by atoms with van der Waals surface area (Å²) in [7, 11) is -1.59. The highest BCUT2D eigenvalue weighted by Gasteiger charge is 2.31. The number of nitrogens with one attached hydrogen (secondary N) is 1. The highest BCUT2D eigenvalue weighted by molar-refractivity contribution is 7.85. The van der Waals surface area contributed by atoms with E-state index < -0.39 is 10.8 Å². The largest absolute Gasteiger partial charge is 0.346 e. The van der Waals surface area contributed by atoms with Gasteiger partial charge >= 0.3 is 0 Å². The van der Waals surface area contributed by atoms with Crippen LogP contribution in [0, 0.1) is 0 Å². The Morgan fingerprint density at radius 3 is 2.36 bits per heavy atom. The van der Waals surface area contributed by atoms with Crippen LogP contribution < -0.4 is 10.2 Å². The quantitative estimate of drug-likeness (QED) is 0.347. The van der Waals surface area contributed by atoms with Gasteiger partial charge < -0.3 is 10.2 Å². The van der Waals surface area contributed by atoms with Crippen molar-refractivity contribution in [3.63, 3.8) is 0 Å². The van der Waals surface area contributed by atoms with Crippen LogP contribution in [0.25, 0.3) is 0 Å². The molecule has 1 aliphatic heterocycles. The van der Waals surface area contributed by atoms with E-state index in [4.69, 9.17) is 11.6 Å². The van der Waals surface area contributed by atoms with Gasteiger partial charge in [0.1, 0.15) is 0 Å². The molecule has 1 heterocycles. The van der Waals surface area contributed by atoms with Gasteiger partial charge in [0.05, 0.1) is 44.4 Å². The highest BCUT2D eigenvalue weighted by atomic mass is 35.5. The van der Waals surface area contributed by atoms with Gasteiger partial charge in [0.2, 0.25) is 0 Å². The SMILES string of the molecule is CC(NC(=O)c1ccc2c(c1)N(Cc1ccc(Cl)cc1)C(=O)c1ccccc1S2=O)c1ccccc1. The van der Waals surface area contributed by atoms with E-state index in [1.807, 2.05) is 49.4 Å². The van der Waals surface area contributed by atoms with Gasteiger partial charge in [0.15, 0.2) is 0 Å². The van der Waals surface area contributed by atoms with Crippen LogP contribution in [-0.4, -0.2) is 16.0 Å². The molecule has 2 unspecified atom stereocenters. The minimum absolute atomic E-state index is 0.206. The number of nitrogens with zero attached hydrogens (tertiary/aromatic N) is 1. The van der Waals surface area contributed by atoms with Crippen molar-refractivity contribution in [3.05, 3.63) is 124 Å². The summed E-state index contributed by atoms with van der Waals surface area (Å²) in [5, 5.41) is 3.61. The number of carbonyl (C=O) groups excluding carboxylic acids is 2. The summed E-state index contributed by atoms with van der Waals surface area (Å²) in [6.45, 7) is 2.15. The van der Waals surface area contributed by atoms with Gasteiger partial charge in [0, 0.05) is 10.6 Å². The second-order valence-corrected chi connectivity index (χ2v) is 10.4. The van der Waals surface area contributed by atoms with Crippen molar-refractivity contribution < 1.29 is 13.8 Å². The second kappa shape index (κ2) is 10.1. The molecule has 4 aromatic rings. The maximum absolute atomic E-state index is 13.7. The molecule has 180 valence electrons. The average molecular weight is 515 g/mol. The Balaban J connectivity index is 1.55. The zero-order valence-corrected chi connectivity index (χ0v) is 21.1. The maximum Gasteiger partial charge on any atom is 0.259 e. The smallest absolute Gasteiger partial charge is 0.259 e. The van der Waals surface area contributed by atoms with Crippen LogP contribution in [0.2, 0.25) is 5.02 Å². The number of benzene rings is 4. The molecule has 0 aromatic heterocycles. The second-order valence-electron chi connectivity index (χ2n) is 8.57. The van der Waals surface area contributed by atoms with Crippen LogP contribution in [0.15, 0.2) is 107 Å². The third-order valence-corrected chi connectivity index (χ3v) is 7.93. The molecule has 4 aromatic carbocycles. The van der Waals surface area contributed by atoms with Crippen molar-refractivity contribution in [1.82, 2.24) is 5.32 Å². The first-order valence-electron chi connectivity index (χ1n) is 11.5. The van der Waals surface area contributed by atoms with E-state index in [1.54, 1.807) is 59.5 Å². The third-order valence-electron chi connectivity index (χ3n) is 6.18. The van der Waals surface area contributed by atoms with Gasteiger partial charge in [-0.3, -0.25) is 9.59 Å².